The maximum Gasteiger partial charge on any atom is 0.212 e. The van der Waals surface area contributed by atoms with Gasteiger partial charge in [0.15, 0.2) is 0 Å². The third kappa shape index (κ3) is 4.93. The highest BCUT2D eigenvalue weighted by Gasteiger charge is 2.30. The molecule has 4 aromatic heterocycles. The van der Waals surface area contributed by atoms with Gasteiger partial charge in [0, 0.05) is 61.3 Å². The van der Waals surface area contributed by atoms with Gasteiger partial charge in [-0.15, -0.1) is 0 Å². The van der Waals surface area contributed by atoms with Gasteiger partial charge < -0.3 is 14.4 Å². The van der Waals surface area contributed by atoms with Crippen LogP contribution in [-0.4, -0.2) is 63.4 Å². The molecular weight excluding hydrogens is 466 g/mol. The zero-order chi connectivity index (χ0) is 25.9. The molecule has 1 aliphatic rings. The molecule has 2 unspecified atom stereocenters. The highest BCUT2D eigenvalue weighted by atomic mass is 16.5. The minimum absolute atomic E-state index is 0.347. The van der Waals surface area contributed by atoms with E-state index in [-0.39, 0.29) is 0 Å². The number of pyridine rings is 3. The predicted molar refractivity (Wildman–Crippen MR) is 142 cm³/mol. The van der Waals surface area contributed by atoms with Crippen LogP contribution in [0.3, 0.4) is 0 Å². The van der Waals surface area contributed by atoms with Gasteiger partial charge >= 0.3 is 0 Å². The van der Waals surface area contributed by atoms with Crippen LogP contribution in [-0.2, 0) is 6.54 Å². The van der Waals surface area contributed by atoms with Gasteiger partial charge in [0.2, 0.25) is 5.88 Å². The second-order valence-corrected chi connectivity index (χ2v) is 9.37. The van der Waals surface area contributed by atoms with Gasteiger partial charge in [-0.25, -0.2) is 14.5 Å². The van der Waals surface area contributed by atoms with E-state index in [0.29, 0.717) is 35.9 Å². The fraction of sp³-hybridized carbons (Fsp3) is 0.357. The van der Waals surface area contributed by atoms with Crippen molar-refractivity contribution in [2.24, 2.45) is 0 Å². The van der Waals surface area contributed by atoms with Crippen LogP contribution in [0.1, 0.15) is 31.9 Å². The lowest BCUT2D eigenvalue weighted by molar-refractivity contribution is 0.122. The summed E-state index contributed by atoms with van der Waals surface area (Å²) in [6, 6.07) is 13.0. The van der Waals surface area contributed by atoms with Crippen LogP contribution in [0, 0.1) is 11.3 Å². The van der Waals surface area contributed by atoms with Crippen molar-refractivity contribution in [3.05, 3.63) is 66.2 Å². The van der Waals surface area contributed by atoms with Crippen LogP contribution >= 0.6 is 0 Å². The Kier molecular flexibility index (Phi) is 6.93. The summed E-state index contributed by atoms with van der Waals surface area (Å²) < 4.78 is 12.6. The number of rotatable bonds is 7. The third-order valence-corrected chi connectivity index (χ3v) is 6.87. The second-order valence-electron chi connectivity index (χ2n) is 9.37. The normalized spacial score (nSPS) is 18.1. The predicted octanol–water partition coefficient (Wildman–Crippen LogP) is 4.17. The van der Waals surface area contributed by atoms with Gasteiger partial charge in [0.25, 0.3) is 0 Å². The van der Waals surface area contributed by atoms with Crippen molar-refractivity contribution >= 4 is 11.3 Å². The Morgan fingerprint density at radius 3 is 2.49 bits per heavy atom. The van der Waals surface area contributed by atoms with Crippen LogP contribution in [0.15, 0.2) is 55.1 Å². The Morgan fingerprint density at radius 2 is 1.86 bits per heavy atom. The molecule has 0 spiro atoms. The lowest BCUT2D eigenvalue weighted by Gasteiger charge is -2.45. The molecular formula is C28H31N7O2. The van der Waals surface area contributed by atoms with E-state index in [1.54, 1.807) is 24.0 Å². The number of ether oxygens (including phenoxy) is 2. The van der Waals surface area contributed by atoms with E-state index < -0.39 is 0 Å². The average molecular weight is 498 g/mol. The fourth-order valence-electron chi connectivity index (χ4n) is 5.07. The van der Waals surface area contributed by atoms with Crippen molar-refractivity contribution in [1.29, 1.82) is 5.26 Å². The minimum atomic E-state index is 0.347. The SMILES string of the molecule is CCOc1cc(-c2ccc(N3CC(C)N(Cc4ccc(OC)nc4)C(C)C3)nc2)c2c(C#N)cnn2c1. The van der Waals surface area contributed by atoms with E-state index in [4.69, 9.17) is 14.5 Å². The number of methoxy groups -OCH3 is 1. The number of aromatic nitrogens is 4. The topological polar surface area (TPSA) is 91.8 Å². The van der Waals surface area contributed by atoms with Gasteiger partial charge in [-0.05, 0) is 44.5 Å². The molecule has 9 heteroatoms. The van der Waals surface area contributed by atoms with E-state index in [1.807, 2.05) is 31.5 Å². The first kappa shape index (κ1) is 24.5. The zero-order valence-electron chi connectivity index (χ0n) is 21.6. The van der Waals surface area contributed by atoms with E-state index in [1.165, 1.54) is 5.56 Å². The highest BCUT2D eigenvalue weighted by Crippen LogP contribution is 2.32. The molecule has 0 amide bonds. The molecule has 190 valence electrons. The maximum atomic E-state index is 9.60. The third-order valence-electron chi connectivity index (χ3n) is 6.87. The maximum absolute atomic E-state index is 9.60. The minimum Gasteiger partial charge on any atom is -0.492 e. The quantitative estimate of drug-likeness (QED) is 0.376. The summed E-state index contributed by atoms with van der Waals surface area (Å²) in [5, 5.41) is 13.9. The first-order valence-electron chi connectivity index (χ1n) is 12.5. The number of nitrogens with zero attached hydrogens (tertiary/aromatic N) is 7. The van der Waals surface area contributed by atoms with Crippen molar-refractivity contribution < 1.29 is 9.47 Å². The Morgan fingerprint density at radius 1 is 1.05 bits per heavy atom. The molecule has 1 fully saturated rings. The van der Waals surface area contributed by atoms with Crippen molar-refractivity contribution in [2.45, 2.75) is 39.4 Å². The Labute approximate surface area is 216 Å². The number of nitriles is 1. The molecule has 1 saturated heterocycles. The summed E-state index contributed by atoms with van der Waals surface area (Å²) in [6.45, 7) is 9.61. The van der Waals surface area contributed by atoms with Crippen LogP contribution in [0.25, 0.3) is 16.6 Å². The molecule has 4 aromatic rings. The molecule has 37 heavy (non-hydrogen) atoms. The lowest BCUT2D eigenvalue weighted by atomic mass is 10.0. The van der Waals surface area contributed by atoms with Crippen LogP contribution < -0.4 is 14.4 Å². The summed E-state index contributed by atoms with van der Waals surface area (Å²) in [5.74, 6) is 2.28. The van der Waals surface area contributed by atoms with Crippen LogP contribution in [0.2, 0.25) is 0 Å². The number of hydrogen-bond donors (Lipinski definition) is 0. The molecule has 2 atom stereocenters. The van der Waals surface area contributed by atoms with E-state index in [9.17, 15) is 5.26 Å². The number of piperazine rings is 1. The summed E-state index contributed by atoms with van der Waals surface area (Å²) in [7, 11) is 1.63. The van der Waals surface area contributed by atoms with Gasteiger partial charge in [-0.1, -0.05) is 6.07 Å². The molecule has 5 rings (SSSR count). The fourth-order valence-corrected chi connectivity index (χ4v) is 5.07. The van der Waals surface area contributed by atoms with Crippen LogP contribution in [0.5, 0.6) is 11.6 Å². The Hall–Kier alpha value is -4.16. The number of fused-ring (bicyclic) bond motifs is 1. The Balaban J connectivity index is 1.35. The molecule has 0 bridgehead atoms. The molecule has 0 N–H and O–H groups in total. The lowest BCUT2D eigenvalue weighted by Crippen LogP contribution is -2.56. The van der Waals surface area contributed by atoms with Crippen molar-refractivity contribution in [1.82, 2.24) is 24.5 Å². The second kappa shape index (κ2) is 10.4. The number of anilines is 1. The molecule has 0 aliphatic carbocycles. The van der Waals surface area contributed by atoms with Crippen molar-refractivity contribution in [2.75, 3.05) is 31.7 Å². The molecule has 0 saturated carbocycles. The summed E-state index contributed by atoms with van der Waals surface area (Å²) >= 11 is 0. The summed E-state index contributed by atoms with van der Waals surface area (Å²) in [4.78, 5) is 14.0. The van der Waals surface area contributed by atoms with Gasteiger partial charge in [0.05, 0.1) is 37.2 Å². The molecule has 5 heterocycles. The molecule has 0 aromatic carbocycles. The van der Waals surface area contributed by atoms with Crippen molar-refractivity contribution in [3.8, 4) is 28.8 Å². The molecule has 9 nitrogen and oxygen atoms in total. The standard InChI is InChI=1S/C28H31N7O2/c1-5-37-24-10-25(28-23(11-29)14-32-35(28)18-24)22-7-8-26(30-13-22)33-15-19(2)34(20(3)16-33)17-21-6-9-27(36-4)31-12-21/h6-10,12-14,18-20H,5,15-17H2,1-4H3. The Bertz CT molecular complexity index is 1400. The largest absolute Gasteiger partial charge is 0.492 e. The first-order chi connectivity index (χ1) is 18.0. The van der Waals surface area contributed by atoms with Gasteiger partial charge in [0.1, 0.15) is 17.6 Å². The zero-order valence-corrected chi connectivity index (χ0v) is 21.6. The van der Waals surface area contributed by atoms with E-state index in [2.05, 4.69) is 58.0 Å². The van der Waals surface area contributed by atoms with Crippen LogP contribution in [0.4, 0.5) is 5.82 Å². The average Bonchev–Trinajstić information content (AvgIpc) is 3.34. The number of hydrogen-bond acceptors (Lipinski definition) is 8. The summed E-state index contributed by atoms with van der Waals surface area (Å²) in [6.07, 6.45) is 7.15. The van der Waals surface area contributed by atoms with E-state index >= 15 is 0 Å². The first-order valence-corrected chi connectivity index (χ1v) is 12.5. The van der Waals surface area contributed by atoms with E-state index in [0.717, 1.165) is 42.1 Å². The van der Waals surface area contributed by atoms with Gasteiger partial charge in [-0.2, -0.15) is 10.4 Å². The molecule has 0 radical (unpaired) electrons. The summed E-state index contributed by atoms with van der Waals surface area (Å²) in [5.41, 5.74) is 4.24. The van der Waals surface area contributed by atoms with Crippen molar-refractivity contribution in [3.63, 3.8) is 0 Å². The molecule has 1 aliphatic heterocycles. The monoisotopic (exact) mass is 497 g/mol. The van der Waals surface area contributed by atoms with Gasteiger partial charge in [-0.3, -0.25) is 4.90 Å². The highest BCUT2D eigenvalue weighted by molar-refractivity contribution is 5.85. The smallest absolute Gasteiger partial charge is 0.212 e.